The number of hydrogen-bond donors (Lipinski definition) is 2. The number of thiocarbonyl (C=S) groups is 1. The van der Waals surface area contributed by atoms with E-state index in [9.17, 15) is 0 Å². The number of nitrogens with zero attached hydrogens (tertiary/aromatic N) is 2. The van der Waals surface area contributed by atoms with Crippen LogP contribution in [0, 0.1) is 13.8 Å². The molecule has 0 saturated heterocycles. The Balaban J connectivity index is 1.61. The van der Waals surface area contributed by atoms with Gasteiger partial charge in [-0.3, -0.25) is 4.68 Å². The Hall–Kier alpha value is -2.08. The van der Waals surface area contributed by atoms with Gasteiger partial charge in [0.25, 0.3) is 0 Å². The molecule has 4 nitrogen and oxygen atoms in total. The molecule has 0 aliphatic heterocycles. The van der Waals surface area contributed by atoms with Crippen molar-refractivity contribution in [1.29, 1.82) is 0 Å². The molecule has 0 fully saturated rings. The number of anilines is 2. The van der Waals surface area contributed by atoms with Crippen LogP contribution in [0.2, 0.25) is 10.0 Å². The first-order chi connectivity index (χ1) is 12.4. The van der Waals surface area contributed by atoms with E-state index in [4.69, 9.17) is 35.4 Å². The van der Waals surface area contributed by atoms with Gasteiger partial charge in [0.05, 0.1) is 28.5 Å². The number of benzene rings is 2. The Bertz CT molecular complexity index is 952. The minimum absolute atomic E-state index is 0.516. The van der Waals surface area contributed by atoms with Crippen molar-refractivity contribution in [2.75, 3.05) is 10.6 Å². The molecule has 2 aromatic carbocycles. The topological polar surface area (TPSA) is 41.9 Å². The lowest BCUT2D eigenvalue weighted by molar-refractivity contribution is 0.687. The highest BCUT2D eigenvalue weighted by Gasteiger charge is 2.05. The van der Waals surface area contributed by atoms with Crippen molar-refractivity contribution in [2.24, 2.45) is 0 Å². The number of nitrogens with one attached hydrogen (secondary N) is 2. The molecule has 134 valence electrons. The van der Waals surface area contributed by atoms with Gasteiger partial charge in [-0.1, -0.05) is 35.3 Å². The Morgan fingerprint density at radius 3 is 2.50 bits per heavy atom. The van der Waals surface area contributed by atoms with Gasteiger partial charge >= 0.3 is 0 Å². The number of aromatic nitrogens is 2. The van der Waals surface area contributed by atoms with Gasteiger partial charge in [-0.05, 0) is 67.0 Å². The maximum atomic E-state index is 6.05. The summed E-state index contributed by atoms with van der Waals surface area (Å²) < 4.78 is 1.81. The van der Waals surface area contributed by atoms with Crippen LogP contribution in [-0.2, 0) is 6.54 Å². The highest BCUT2D eigenvalue weighted by molar-refractivity contribution is 7.80. The molecule has 2 N–H and O–H groups in total. The van der Waals surface area contributed by atoms with Crippen LogP contribution in [0.25, 0.3) is 0 Å². The largest absolute Gasteiger partial charge is 0.332 e. The van der Waals surface area contributed by atoms with Crippen LogP contribution >= 0.6 is 35.4 Å². The zero-order valence-electron chi connectivity index (χ0n) is 14.4. The summed E-state index contributed by atoms with van der Waals surface area (Å²) in [6.07, 6.45) is 3.61. The summed E-state index contributed by atoms with van der Waals surface area (Å²) in [6.45, 7) is 4.75. The summed E-state index contributed by atoms with van der Waals surface area (Å²) in [7, 11) is 0. The van der Waals surface area contributed by atoms with E-state index in [0.29, 0.717) is 21.7 Å². The summed E-state index contributed by atoms with van der Waals surface area (Å²) in [6, 6.07) is 11.7. The zero-order chi connectivity index (χ0) is 18.7. The van der Waals surface area contributed by atoms with Gasteiger partial charge < -0.3 is 10.6 Å². The van der Waals surface area contributed by atoms with Gasteiger partial charge in [-0.15, -0.1) is 0 Å². The molecule has 7 heteroatoms. The van der Waals surface area contributed by atoms with Gasteiger partial charge in [0, 0.05) is 11.9 Å². The lowest BCUT2D eigenvalue weighted by Gasteiger charge is -2.10. The van der Waals surface area contributed by atoms with E-state index in [1.807, 2.05) is 24.4 Å². The second kappa shape index (κ2) is 8.08. The molecule has 0 unspecified atom stereocenters. The fourth-order valence-electron chi connectivity index (χ4n) is 2.45. The van der Waals surface area contributed by atoms with E-state index < -0.39 is 0 Å². The maximum Gasteiger partial charge on any atom is 0.175 e. The molecule has 0 radical (unpaired) electrons. The van der Waals surface area contributed by atoms with Gasteiger partial charge in [0.2, 0.25) is 0 Å². The molecule has 3 aromatic rings. The molecule has 26 heavy (non-hydrogen) atoms. The second-order valence-electron chi connectivity index (χ2n) is 6.05. The van der Waals surface area contributed by atoms with E-state index in [1.54, 1.807) is 16.9 Å². The van der Waals surface area contributed by atoms with Crippen molar-refractivity contribution in [1.82, 2.24) is 9.78 Å². The van der Waals surface area contributed by atoms with E-state index in [0.717, 1.165) is 16.9 Å². The first-order valence-corrected chi connectivity index (χ1v) is 9.19. The SMILES string of the molecule is Cc1ccc(NC(=S)Nc2cnn(Cc3ccc(Cl)c(Cl)c3)c2)cc1C. The number of halogens is 2. The standard InChI is InChI=1S/C19H18Cl2N4S/c1-12-3-5-15(7-13(12)2)23-19(26)24-16-9-22-25(11-16)10-14-4-6-17(20)18(21)8-14/h3-9,11H,10H2,1-2H3,(H2,23,24,26). The van der Waals surface area contributed by atoms with Gasteiger partial charge in [-0.2, -0.15) is 5.10 Å². The van der Waals surface area contributed by atoms with Crippen LogP contribution in [-0.4, -0.2) is 14.9 Å². The van der Waals surface area contributed by atoms with Gasteiger partial charge in [0.1, 0.15) is 0 Å². The third kappa shape index (κ3) is 4.75. The molecular weight excluding hydrogens is 387 g/mol. The molecule has 0 saturated carbocycles. The third-order valence-electron chi connectivity index (χ3n) is 3.98. The molecule has 0 spiro atoms. The van der Waals surface area contributed by atoms with E-state index in [2.05, 4.69) is 41.7 Å². The fraction of sp³-hybridized carbons (Fsp3) is 0.158. The van der Waals surface area contributed by atoms with Crippen molar-refractivity contribution in [3.8, 4) is 0 Å². The Labute approximate surface area is 168 Å². The molecule has 0 bridgehead atoms. The van der Waals surface area contributed by atoms with Crippen LogP contribution in [0.4, 0.5) is 11.4 Å². The summed E-state index contributed by atoms with van der Waals surface area (Å²) in [5.41, 5.74) is 5.25. The minimum Gasteiger partial charge on any atom is -0.332 e. The van der Waals surface area contributed by atoms with Crippen molar-refractivity contribution in [3.63, 3.8) is 0 Å². The van der Waals surface area contributed by atoms with Gasteiger partial charge in [-0.25, -0.2) is 0 Å². The molecule has 0 aliphatic carbocycles. The van der Waals surface area contributed by atoms with Crippen LogP contribution in [0.5, 0.6) is 0 Å². The molecular formula is C19H18Cl2N4S. The zero-order valence-corrected chi connectivity index (χ0v) is 16.7. The average Bonchev–Trinajstić information content (AvgIpc) is 3.01. The molecule has 0 aliphatic rings. The summed E-state index contributed by atoms with van der Waals surface area (Å²) in [5, 5.41) is 12.3. The van der Waals surface area contributed by atoms with Crippen molar-refractivity contribution < 1.29 is 0 Å². The third-order valence-corrected chi connectivity index (χ3v) is 4.93. The Morgan fingerprint density at radius 2 is 1.77 bits per heavy atom. The number of hydrogen-bond acceptors (Lipinski definition) is 2. The van der Waals surface area contributed by atoms with E-state index >= 15 is 0 Å². The minimum atomic E-state index is 0.516. The smallest absolute Gasteiger partial charge is 0.175 e. The number of aryl methyl sites for hydroxylation is 2. The van der Waals surface area contributed by atoms with Crippen molar-refractivity contribution in [2.45, 2.75) is 20.4 Å². The second-order valence-corrected chi connectivity index (χ2v) is 7.28. The lowest BCUT2D eigenvalue weighted by atomic mass is 10.1. The van der Waals surface area contributed by atoms with Crippen LogP contribution in [0.15, 0.2) is 48.8 Å². The molecule has 1 aromatic heterocycles. The van der Waals surface area contributed by atoms with E-state index in [1.165, 1.54) is 11.1 Å². The average molecular weight is 405 g/mol. The molecule has 3 rings (SSSR count). The summed E-state index contributed by atoms with van der Waals surface area (Å²) in [4.78, 5) is 0. The molecule has 1 heterocycles. The summed E-state index contributed by atoms with van der Waals surface area (Å²) >= 11 is 17.4. The number of rotatable bonds is 4. The van der Waals surface area contributed by atoms with Crippen LogP contribution in [0.3, 0.4) is 0 Å². The fourth-order valence-corrected chi connectivity index (χ4v) is 3.01. The molecule has 0 atom stereocenters. The van der Waals surface area contributed by atoms with Crippen molar-refractivity contribution in [3.05, 3.63) is 75.5 Å². The monoisotopic (exact) mass is 404 g/mol. The normalized spacial score (nSPS) is 10.6. The quantitative estimate of drug-likeness (QED) is 0.550. The predicted molar refractivity (Wildman–Crippen MR) is 114 cm³/mol. The van der Waals surface area contributed by atoms with Crippen LogP contribution < -0.4 is 10.6 Å². The highest BCUT2D eigenvalue weighted by Crippen LogP contribution is 2.23. The first-order valence-electron chi connectivity index (χ1n) is 8.02. The highest BCUT2D eigenvalue weighted by atomic mass is 35.5. The first kappa shape index (κ1) is 18.7. The Morgan fingerprint density at radius 1 is 1.00 bits per heavy atom. The Kier molecular flexibility index (Phi) is 5.81. The maximum absolute atomic E-state index is 6.05. The van der Waals surface area contributed by atoms with E-state index in [-0.39, 0.29) is 0 Å². The van der Waals surface area contributed by atoms with Crippen molar-refractivity contribution >= 4 is 51.9 Å². The molecule has 0 amide bonds. The van der Waals surface area contributed by atoms with Crippen LogP contribution in [0.1, 0.15) is 16.7 Å². The predicted octanol–water partition coefficient (Wildman–Crippen LogP) is 5.66. The van der Waals surface area contributed by atoms with Gasteiger partial charge in [0.15, 0.2) is 5.11 Å². The lowest BCUT2D eigenvalue weighted by Crippen LogP contribution is -2.18. The summed E-state index contributed by atoms with van der Waals surface area (Å²) in [5.74, 6) is 0.